The Morgan fingerprint density at radius 3 is 2.29 bits per heavy atom. The molecule has 7 heteroatoms. The van der Waals surface area contributed by atoms with Gasteiger partial charge in [0.05, 0.1) is 30.8 Å². The Hall–Kier alpha value is -1.57. The molecule has 0 aromatic rings. The molecule has 2 heterocycles. The highest BCUT2D eigenvalue weighted by Gasteiger charge is 2.40. The van der Waals surface area contributed by atoms with E-state index in [0.717, 1.165) is 32.1 Å². The molecule has 2 N–H and O–H groups in total. The average Bonchev–Trinajstić information content (AvgIpc) is 3.31. The summed E-state index contributed by atoms with van der Waals surface area (Å²) in [6.07, 6.45) is 9.38. The Bertz CT molecular complexity index is 869. The van der Waals surface area contributed by atoms with Crippen LogP contribution >= 0.6 is 0 Å². The summed E-state index contributed by atoms with van der Waals surface area (Å²) in [6.45, 7) is 14.1. The summed E-state index contributed by atoms with van der Waals surface area (Å²) >= 11 is 0. The quantitative estimate of drug-likeness (QED) is 0.185. The smallest absolute Gasteiger partial charge is 0.307 e. The van der Waals surface area contributed by atoms with Gasteiger partial charge in [0.2, 0.25) is 0 Å². The number of aliphatic hydroxyl groups is 2. The standard InChI is InChI=1S/C35H60O7/c1-8-28(36)12-10-9-11-25(5)34(40)32-20-27(7)35-31(38)21-29(41-35)16-15-22(2)17-26(6)30(37)18-23(3)13-14-24(4)19-33(39)42-32/h13-14,22-27,29-32,35,37-38H,8-12,15-21H2,1-7H3/b14-13+/t22-,23-,24-,25?,26-,27-,29+,30-,31+,32?,35-/m1/s1. The van der Waals surface area contributed by atoms with E-state index in [9.17, 15) is 24.6 Å². The van der Waals surface area contributed by atoms with Gasteiger partial charge in [0.15, 0.2) is 11.9 Å². The summed E-state index contributed by atoms with van der Waals surface area (Å²) < 4.78 is 12.2. The SMILES string of the molecule is CCC(=O)CCCCC(C)C(=O)C1C[C@@H](C)[C@H]2O[C@@H](CC[C@@H](C)C[C@@H](C)[C@H](O)C[C@H](C)/C=C/[C@@H](C)CC(=O)O1)C[C@@H]2O. The molecule has 0 amide bonds. The van der Waals surface area contributed by atoms with Crippen LogP contribution in [0.1, 0.15) is 126 Å². The third-order valence-corrected chi connectivity index (χ3v) is 9.48. The predicted octanol–water partition coefficient (Wildman–Crippen LogP) is 6.61. The lowest BCUT2D eigenvalue weighted by molar-refractivity contribution is -0.159. The van der Waals surface area contributed by atoms with Crippen LogP contribution in [0.4, 0.5) is 0 Å². The van der Waals surface area contributed by atoms with Crippen LogP contribution in [0.25, 0.3) is 0 Å². The minimum Gasteiger partial charge on any atom is -0.454 e. The van der Waals surface area contributed by atoms with Crippen LogP contribution in [-0.4, -0.2) is 58.3 Å². The molecule has 0 saturated carbocycles. The number of allylic oxidation sites excluding steroid dienone is 2. The van der Waals surface area contributed by atoms with E-state index in [2.05, 4.69) is 26.8 Å². The number of aliphatic hydroxyl groups excluding tert-OH is 2. The highest BCUT2D eigenvalue weighted by Crippen LogP contribution is 2.33. The first kappa shape index (κ1) is 36.6. The van der Waals surface area contributed by atoms with Gasteiger partial charge in [0.25, 0.3) is 0 Å². The number of hydrogen-bond donors (Lipinski definition) is 2. The topological polar surface area (TPSA) is 110 Å². The van der Waals surface area contributed by atoms with Gasteiger partial charge in [-0.15, -0.1) is 0 Å². The van der Waals surface area contributed by atoms with Crippen molar-refractivity contribution in [1.29, 1.82) is 0 Å². The van der Waals surface area contributed by atoms with Gasteiger partial charge in [-0.25, -0.2) is 0 Å². The first-order valence-corrected chi connectivity index (χ1v) is 16.7. The van der Waals surface area contributed by atoms with Crippen molar-refractivity contribution in [2.45, 2.75) is 156 Å². The van der Waals surface area contributed by atoms with E-state index in [1.807, 2.05) is 33.8 Å². The second-order valence-electron chi connectivity index (χ2n) is 13.9. The number of rotatable bonds is 8. The van der Waals surface area contributed by atoms with Crippen LogP contribution in [-0.2, 0) is 23.9 Å². The van der Waals surface area contributed by atoms with Crippen molar-refractivity contribution in [3.63, 3.8) is 0 Å². The van der Waals surface area contributed by atoms with Crippen molar-refractivity contribution in [3.8, 4) is 0 Å². The van der Waals surface area contributed by atoms with Crippen LogP contribution in [0.3, 0.4) is 0 Å². The number of hydrogen-bond acceptors (Lipinski definition) is 7. The van der Waals surface area contributed by atoms with E-state index < -0.39 is 30.4 Å². The van der Waals surface area contributed by atoms with Gasteiger partial charge < -0.3 is 19.7 Å². The van der Waals surface area contributed by atoms with Crippen LogP contribution in [0.2, 0.25) is 0 Å². The molecule has 2 aliphatic rings. The van der Waals surface area contributed by atoms with Gasteiger partial charge in [-0.05, 0) is 74.5 Å². The predicted molar refractivity (Wildman–Crippen MR) is 166 cm³/mol. The number of carbonyl (C=O) groups is 3. The minimum absolute atomic E-state index is 0.0480. The first-order valence-electron chi connectivity index (χ1n) is 16.7. The third kappa shape index (κ3) is 12.6. The fraction of sp³-hybridized carbons (Fsp3) is 0.857. The van der Waals surface area contributed by atoms with Crippen molar-refractivity contribution >= 4 is 17.5 Å². The summed E-state index contributed by atoms with van der Waals surface area (Å²) in [5.41, 5.74) is 0. The summed E-state index contributed by atoms with van der Waals surface area (Å²) in [7, 11) is 0. The third-order valence-electron chi connectivity index (χ3n) is 9.48. The summed E-state index contributed by atoms with van der Waals surface area (Å²) in [4.78, 5) is 38.3. The molecule has 0 aromatic heterocycles. The average molecular weight is 593 g/mol. The zero-order valence-electron chi connectivity index (χ0n) is 27.4. The zero-order chi connectivity index (χ0) is 31.4. The van der Waals surface area contributed by atoms with Crippen LogP contribution in [0, 0.1) is 35.5 Å². The second kappa shape index (κ2) is 18.3. The van der Waals surface area contributed by atoms with E-state index >= 15 is 0 Å². The fourth-order valence-corrected chi connectivity index (χ4v) is 6.56. The molecule has 0 radical (unpaired) electrons. The lowest BCUT2D eigenvalue weighted by Gasteiger charge is -2.28. The number of unbranched alkanes of at least 4 members (excludes halogenated alkanes) is 1. The van der Waals surface area contributed by atoms with Crippen molar-refractivity contribution in [2.75, 3.05) is 0 Å². The van der Waals surface area contributed by atoms with Gasteiger partial charge in [-0.2, -0.15) is 0 Å². The van der Waals surface area contributed by atoms with Crippen molar-refractivity contribution < 1.29 is 34.1 Å². The number of Topliss-reactive ketones (excluding diaryl/α,β-unsaturated/α-hetero) is 2. The van der Waals surface area contributed by atoms with Crippen LogP contribution in [0.15, 0.2) is 12.2 Å². The molecule has 2 unspecified atom stereocenters. The Labute approximate surface area is 255 Å². The van der Waals surface area contributed by atoms with Gasteiger partial charge >= 0.3 is 5.97 Å². The normalized spacial score (nSPS) is 37.4. The molecule has 242 valence electrons. The molecular formula is C35H60O7. The van der Waals surface area contributed by atoms with E-state index in [-0.39, 0.29) is 53.7 Å². The maximum absolute atomic E-state index is 13.6. The molecule has 2 rings (SSSR count). The van der Waals surface area contributed by atoms with E-state index in [4.69, 9.17) is 9.47 Å². The second-order valence-corrected chi connectivity index (χ2v) is 13.9. The number of ether oxygens (including phenoxy) is 2. The summed E-state index contributed by atoms with van der Waals surface area (Å²) in [5, 5.41) is 21.7. The monoisotopic (exact) mass is 592 g/mol. The van der Waals surface area contributed by atoms with Gasteiger partial charge in [0, 0.05) is 25.2 Å². The number of esters is 1. The van der Waals surface area contributed by atoms with Gasteiger partial charge in [-0.1, -0.05) is 67.0 Å². The molecular weight excluding hydrogens is 532 g/mol. The lowest BCUT2D eigenvalue weighted by atomic mass is 9.85. The lowest BCUT2D eigenvalue weighted by Crippen LogP contribution is -2.38. The number of cyclic esters (lactones) is 1. The maximum atomic E-state index is 13.6. The Balaban J connectivity index is 2.18. The zero-order valence-corrected chi connectivity index (χ0v) is 27.4. The Morgan fingerprint density at radius 2 is 1.60 bits per heavy atom. The molecule has 11 atom stereocenters. The molecule has 0 aromatic carbocycles. The maximum Gasteiger partial charge on any atom is 0.307 e. The molecule has 0 spiro atoms. The van der Waals surface area contributed by atoms with E-state index in [0.29, 0.717) is 44.4 Å². The molecule has 1 saturated heterocycles. The first-order chi connectivity index (χ1) is 19.8. The number of ketones is 2. The van der Waals surface area contributed by atoms with Crippen molar-refractivity contribution in [3.05, 3.63) is 12.2 Å². The highest BCUT2D eigenvalue weighted by atomic mass is 16.5. The molecule has 42 heavy (non-hydrogen) atoms. The van der Waals surface area contributed by atoms with Crippen molar-refractivity contribution in [2.24, 2.45) is 35.5 Å². The van der Waals surface area contributed by atoms with E-state index in [1.165, 1.54) is 0 Å². The van der Waals surface area contributed by atoms with Crippen molar-refractivity contribution in [1.82, 2.24) is 0 Å². The highest BCUT2D eigenvalue weighted by molar-refractivity contribution is 5.87. The minimum atomic E-state index is -0.896. The molecule has 7 nitrogen and oxygen atoms in total. The van der Waals surface area contributed by atoms with Gasteiger partial charge in [-0.3, -0.25) is 14.4 Å². The fourth-order valence-electron chi connectivity index (χ4n) is 6.56. The molecule has 0 aliphatic carbocycles. The molecule has 2 aliphatic heterocycles. The Kier molecular flexibility index (Phi) is 15.9. The summed E-state index contributed by atoms with van der Waals surface area (Å²) in [5.74, 6) is -0.00805. The van der Waals surface area contributed by atoms with E-state index in [1.54, 1.807) is 0 Å². The van der Waals surface area contributed by atoms with Gasteiger partial charge in [0.1, 0.15) is 5.78 Å². The number of fused-ring (bicyclic) bond motifs is 2. The molecule has 2 bridgehead atoms. The Morgan fingerprint density at radius 1 is 0.905 bits per heavy atom. The molecule has 1 fully saturated rings. The van der Waals surface area contributed by atoms with Crippen LogP contribution in [0.5, 0.6) is 0 Å². The summed E-state index contributed by atoms with van der Waals surface area (Å²) in [6, 6.07) is 0. The number of carbonyl (C=O) groups excluding carboxylic acids is 3. The van der Waals surface area contributed by atoms with Crippen LogP contribution < -0.4 is 0 Å². The largest absolute Gasteiger partial charge is 0.454 e.